The molecule has 0 radical (unpaired) electrons. The van der Waals surface area contributed by atoms with Gasteiger partial charge in [0.15, 0.2) is 23.0 Å². The molecule has 1 atom stereocenters. The number of Topliss-reactive ketones (excluding diaryl/α,β-unsaturated/α-hetero) is 1. The number of aliphatic hydroxyl groups excluding tert-OH is 1. The standard InChI is InChI=1S/C35H29NO6/c1-40-29-21-26(16-17-28(29)41-22-24-12-6-3-7-13-24)32-31(33(37)30-20-25-14-8-9-15-27(25)42-30)34(38)35(39)36(32)19-18-23-10-4-2-5-11-23/h2-17,20-21,32,38H,18-19,22H2,1H3. The minimum atomic E-state index is -0.862. The molecule has 1 aliphatic rings. The highest BCUT2D eigenvalue weighted by Gasteiger charge is 2.44. The number of ketones is 1. The maximum absolute atomic E-state index is 13.9. The van der Waals surface area contributed by atoms with Gasteiger partial charge in [-0.25, -0.2) is 0 Å². The Bertz CT molecular complexity index is 1740. The molecule has 0 saturated carbocycles. The number of hydrogen-bond donors (Lipinski definition) is 1. The Morgan fingerprint density at radius 1 is 0.857 bits per heavy atom. The van der Waals surface area contributed by atoms with Crippen molar-refractivity contribution in [2.75, 3.05) is 13.7 Å². The van der Waals surface area contributed by atoms with Crippen LogP contribution in [0.5, 0.6) is 11.5 Å². The predicted octanol–water partition coefficient (Wildman–Crippen LogP) is 6.84. The first-order chi connectivity index (χ1) is 20.5. The SMILES string of the molecule is COc1cc(C2C(C(=O)c3cc4ccccc4o3)=C(O)C(=O)N2CCc2ccccc2)ccc1OCc1ccccc1. The van der Waals surface area contributed by atoms with Crippen LogP contribution < -0.4 is 9.47 Å². The molecule has 1 aliphatic heterocycles. The molecule has 6 rings (SSSR count). The van der Waals surface area contributed by atoms with E-state index in [0.717, 1.165) is 16.5 Å². The van der Waals surface area contributed by atoms with Crippen LogP contribution in [0.15, 0.2) is 125 Å². The summed E-state index contributed by atoms with van der Waals surface area (Å²) in [5.41, 5.74) is 3.15. The van der Waals surface area contributed by atoms with Crippen LogP contribution in [0.25, 0.3) is 11.0 Å². The number of amides is 1. The lowest BCUT2D eigenvalue weighted by Gasteiger charge is -2.27. The van der Waals surface area contributed by atoms with Gasteiger partial charge in [0.05, 0.1) is 18.7 Å². The smallest absolute Gasteiger partial charge is 0.290 e. The second-order valence-corrected chi connectivity index (χ2v) is 10.1. The van der Waals surface area contributed by atoms with Crippen molar-refractivity contribution in [1.29, 1.82) is 0 Å². The Morgan fingerprint density at radius 3 is 2.26 bits per heavy atom. The first-order valence-electron chi connectivity index (χ1n) is 13.7. The van der Waals surface area contributed by atoms with Gasteiger partial charge >= 0.3 is 0 Å². The Labute approximate surface area is 243 Å². The van der Waals surface area contributed by atoms with E-state index in [-0.39, 0.29) is 17.9 Å². The Morgan fingerprint density at radius 2 is 1.55 bits per heavy atom. The summed E-state index contributed by atoms with van der Waals surface area (Å²) in [7, 11) is 1.54. The summed E-state index contributed by atoms with van der Waals surface area (Å²) in [4.78, 5) is 28.9. The van der Waals surface area contributed by atoms with Crippen LogP contribution in [0, 0.1) is 0 Å². The third kappa shape index (κ3) is 5.24. The highest BCUT2D eigenvalue weighted by atomic mass is 16.5. The van der Waals surface area contributed by atoms with Gasteiger partial charge in [0.1, 0.15) is 12.2 Å². The highest BCUT2D eigenvalue weighted by Crippen LogP contribution is 2.42. The van der Waals surface area contributed by atoms with E-state index in [1.54, 1.807) is 30.3 Å². The van der Waals surface area contributed by atoms with Crippen LogP contribution in [0.2, 0.25) is 0 Å². The monoisotopic (exact) mass is 559 g/mol. The third-order valence-corrected chi connectivity index (χ3v) is 7.42. The number of hydrogen-bond acceptors (Lipinski definition) is 6. The average molecular weight is 560 g/mol. The first kappa shape index (κ1) is 26.9. The van der Waals surface area contributed by atoms with Crippen molar-refractivity contribution in [3.8, 4) is 11.5 Å². The van der Waals surface area contributed by atoms with E-state index >= 15 is 0 Å². The molecule has 1 unspecified atom stereocenters. The fourth-order valence-corrected chi connectivity index (χ4v) is 5.29. The average Bonchev–Trinajstić information content (AvgIpc) is 3.58. The zero-order valence-electron chi connectivity index (χ0n) is 23.0. The minimum Gasteiger partial charge on any atom is -0.503 e. The fourth-order valence-electron chi connectivity index (χ4n) is 5.29. The largest absolute Gasteiger partial charge is 0.503 e. The van der Waals surface area contributed by atoms with Gasteiger partial charge in [-0.2, -0.15) is 0 Å². The van der Waals surface area contributed by atoms with Crippen molar-refractivity contribution in [2.24, 2.45) is 0 Å². The molecule has 7 heteroatoms. The van der Waals surface area contributed by atoms with E-state index in [9.17, 15) is 14.7 Å². The van der Waals surface area contributed by atoms with Crippen LogP contribution in [0.1, 0.15) is 33.3 Å². The van der Waals surface area contributed by atoms with Crippen LogP contribution in [-0.4, -0.2) is 35.4 Å². The summed E-state index contributed by atoms with van der Waals surface area (Å²) in [5, 5.41) is 11.9. The summed E-state index contributed by atoms with van der Waals surface area (Å²) in [6.45, 7) is 0.626. The van der Waals surface area contributed by atoms with E-state index in [4.69, 9.17) is 13.9 Å². The molecule has 42 heavy (non-hydrogen) atoms. The molecule has 0 bridgehead atoms. The first-order valence-corrected chi connectivity index (χ1v) is 13.7. The molecule has 0 fully saturated rings. The number of furan rings is 1. The number of aliphatic hydroxyl groups is 1. The maximum atomic E-state index is 13.9. The Kier molecular flexibility index (Phi) is 7.47. The van der Waals surface area contributed by atoms with Crippen molar-refractivity contribution in [3.63, 3.8) is 0 Å². The second kappa shape index (κ2) is 11.7. The molecular formula is C35H29NO6. The molecular weight excluding hydrogens is 530 g/mol. The lowest BCUT2D eigenvalue weighted by Crippen LogP contribution is -2.33. The van der Waals surface area contributed by atoms with Gasteiger partial charge < -0.3 is 23.9 Å². The Balaban J connectivity index is 1.36. The molecule has 0 spiro atoms. The van der Waals surface area contributed by atoms with Gasteiger partial charge in [-0.15, -0.1) is 0 Å². The zero-order chi connectivity index (χ0) is 29.1. The number of para-hydroxylation sites is 1. The summed E-state index contributed by atoms with van der Waals surface area (Å²) < 4.78 is 17.5. The molecule has 1 aromatic heterocycles. The van der Waals surface area contributed by atoms with Crippen LogP contribution in [-0.2, 0) is 17.8 Å². The van der Waals surface area contributed by atoms with Gasteiger partial charge in [0.2, 0.25) is 5.78 Å². The van der Waals surface area contributed by atoms with Gasteiger partial charge in [-0.1, -0.05) is 84.9 Å². The van der Waals surface area contributed by atoms with Crippen molar-refractivity contribution in [2.45, 2.75) is 19.1 Å². The lowest BCUT2D eigenvalue weighted by atomic mass is 9.94. The van der Waals surface area contributed by atoms with Crippen molar-refractivity contribution < 1.29 is 28.6 Å². The zero-order valence-corrected chi connectivity index (χ0v) is 23.0. The number of rotatable bonds is 10. The van der Waals surface area contributed by atoms with E-state index in [2.05, 4.69) is 0 Å². The molecule has 7 nitrogen and oxygen atoms in total. The molecule has 0 saturated heterocycles. The molecule has 4 aromatic carbocycles. The van der Waals surface area contributed by atoms with Gasteiger partial charge in [0, 0.05) is 11.9 Å². The number of ether oxygens (including phenoxy) is 2. The summed E-state index contributed by atoms with van der Waals surface area (Å²) in [6, 6.07) is 32.9. The van der Waals surface area contributed by atoms with Crippen molar-refractivity contribution in [1.82, 2.24) is 4.90 Å². The molecule has 210 valence electrons. The number of fused-ring (bicyclic) bond motifs is 1. The van der Waals surface area contributed by atoms with Crippen molar-refractivity contribution in [3.05, 3.63) is 143 Å². The molecule has 5 aromatic rings. The fraction of sp³-hybridized carbons (Fsp3) is 0.143. The minimum absolute atomic E-state index is 0.0351. The summed E-state index contributed by atoms with van der Waals surface area (Å²) in [6.07, 6.45) is 0.540. The van der Waals surface area contributed by atoms with Gasteiger partial charge in [-0.3, -0.25) is 9.59 Å². The molecule has 1 amide bonds. The number of carbonyl (C=O) groups excluding carboxylic acids is 2. The summed E-state index contributed by atoms with van der Waals surface area (Å²) in [5.74, 6) is -0.729. The van der Waals surface area contributed by atoms with Crippen LogP contribution >= 0.6 is 0 Å². The van der Waals surface area contributed by atoms with Crippen molar-refractivity contribution >= 4 is 22.7 Å². The summed E-state index contributed by atoms with van der Waals surface area (Å²) >= 11 is 0. The van der Waals surface area contributed by atoms with E-state index < -0.39 is 23.5 Å². The number of methoxy groups -OCH3 is 1. The number of benzene rings is 4. The quantitative estimate of drug-likeness (QED) is 0.189. The molecule has 1 N–H and O–H groups in total. The van der Waals surface area contributed by atoms with E-state index in [1.807, 2.05) is 78.9 Å². The maximum Gasteiger partial charge on any atom is 0.290 e. The topological polar surface area (TPSA) is 89.2 Å². The number of nitrogens with zero attached hydrogens (tertiary/aromatic N) is 1. The lowest BCUT2D eigenvalue weighted by molar-refractivity contribution is -0.129. The number of carbonyl (C=O) groups is 2. The third-order valence-electron chi connectivity index (χ3n) is 7.42. The second-order valence-electron chi connectivity index (χ2n) is 10.1. The normalized spacial score (nSPS) is 14.9. The highest BCUT2D eigenvalue weighted by molar-refractivity contribution is 6.16. The van der Waals surface area contributed by atoms with Gasteiger partial charge in [-0.05, 0) is 47.4 Å². The van der Waals surface area contributed by atoms with E-state index in [1.165, 1.54) is 12.0 Å². The molecule has 2 heterocycles. The Hall–Kier alpha value is -5.30. The van der Waals surface area contributed by atoms with Crippen LogP contribution in [0.3, 0.4) is 0 Å². The van der Waals surface area contributed by atoms with E-state index in [0.29, 0.717) is 35.7 Å². The van der Waals surface area contributed by atoms with Crippen LogP contribution in [0.4, 0.5) is 0 Å². The molecule has 0 aliphatic carbocycles. The van der Waals surface area contributed by atoms with Gasteiger partial charge in [0.25, 0.3) is 5.91 Å². The predicted molar refractivity (Wildman–Crippen MR) is 159 cm³/mol.